The largest absolute Gasteiger partial charge is 0.494 e. The summed E-state index contributed by atoms with van der Waals surface area (Å²) in [6.45, 7) is 2.28. The first-order valence-electron chi connectivity index (χ1n) is 7.76. The average Bonchev–Trinajstić information content (AvgIpc) is 3.13. The average molecular weight is 339 g/mol. The number of nitrogens with zero attached hydrogens (tertiary/aromatic N) is 4. The smallest absolute Gasteiger partial charge is 0.267 e. The molecule has 25 heavy (non-hydrogen) atoms. The van der Waals surface area contributed by atoms with Crippen molar-refractivity contribution < 1.29 is 9.53 Å². The van der Waals surface area contributed by atoms with Crippen LogP contribution in [0.3, 0.4) is 0 Å². The molecule has 1 N–H and O–H groups in total. The van der Waals surface area contributed by atoms with Gasteiger partial charge in [-0.2, -0.15) is 5.10 Å². The van der Waals surface area contributed by atoms with Crippen molar-refractivity contribution in [1.29, 1.82) is 0 Å². The summed E-state index contributed by atoms with van der Waals surface area (Å²) in [6.07, 6.45) is 3.31. The molecular formula is C17H17N5O3. The van der Waals surface area contributed by atoms with E-state index < -0.39 is 0 Å². The third kappa shape index (κ3) is 4.11. The van der Waals surface area contributed by atoms with Gasteiger partial charge in [-0.15, -0.1) is 5.10 Å². The number of rotatable bonds is 6. The number of amides is 1. The van der Waals surface area contributed by atoms with Gasteiger partial charge in [0, 0.05) is 24.1 Å². The molecule has 8 nitrogen and oxygen atoms in total. The van der Waals surface area contributed by atoms with Crippen LogP contribution in [0.4, 0.5) is 5.69 Å². The van der Waals surface area contributed by atoms with Crippen LogP contribution in [-0.4, -0.2) is 32.1 Å². The summed E-state index contributed by atoms with van der Waals surface area (Å²) >= 11 is 0. The van der Waals surface area contributed by atoms with Crippen LogP contribution in [0, 0.1) is 0 Å². The Hall–Kier alpha value is -3.42. The van der Waals surface area contributed by atoms with Crippen molar-refractivity contribution in [2.45, 2.75) is 13.5 Å². The van der Waals surface area contributed by atoms with E-state index in [1.54, 1.807) is 48.8 Å². The topological polar surface area (TPSA) is 91.0 Å². The molecule has 8 heteroatoms. The quantitative estimate of drug-likeness (QED) is 0.734. The Balaban J connectivity index is 1.70. The van der Waals surface area contributed by atoms with Crippen LogP contribution in [0.2, 0.25) is 0 Å². The van der Waals surface area contributed by atoms with Gasteiger partial charge in [-0.25, -0.2) is 9.36 Å². The number of ether oxygens (including phenoxy) is 1. The van der Waals surface area contributed by atoms with E-state index in [2.05, 4.69) is 15.5 Å². The van der Waals surface area contributed by atoms with E-state index in [9.17, 15) is 9.59 Å². The highest BCUT2D eigenvalue weighted by Gasteiger charge is 2.08. The SMILES string of the molecule is CCOc1ccc(NC(=O)Cn2nc(-n3cccn3)ccc2=O)cc1. The van der Waals surface area contributed by atoms with Crippen molar-refractivity contribution in [1.82, 2.24) is 19.6 Å². The highest BCUT2D eigenvalue weighted by Crippen LogP contribution is 2.15. The zero-order valence-corrected chi connectivity index (χ0v) is 13.6. The molecule has 0 atom stereocenters. The highest BCUT2D eigenvalue weighted by atomic mass is 16.5. The number of carbonyl (C=O) groups excluding carboxylic acids is 1. The molecule has 0 unspecified atom stereocenters. The molecule has 2 heterocycles. The van der Waals surface area contributed by atoms with Gasteiger partial charge in [0.05, 0.1) is 6.61 Å². The first kappa shape index (κ1) is 16.4. The fraction of sp³-hybridized carbons (Fsp3) is 0.176. The van der Waals surface area contributed by atoms with Crippen LogP contribution < -0.4 is 15.6 Å². The van der Waals surface area contributed by atoms with E-state index in [0.717, 1.165) is 10.4 Å². The molecular weight excluding hydrogens is 322 g/mol. The van der Waals surface area contributed by atoms with Gasteiger partial charge in [-0.05, 0) is 43.3 Å². The van der Waals surface area contributed by atoms with E-state index >= 15 is 0 Å². The van der Waals surface area contributed by atoms with Gasteiger partial charge in [0.25, 0.3) is 5.56 Å². The van der Waals surface area contributed by atoms with E-state index in [-0.39, 0.29) is 18.0 Å². The van der Waals surface area contributed by atoms with Crippen molar-refractivity contribution in [3.05, 3.63) is 65.2 Å². The molecule has 0 radical (unpaired) electrons. The maximum absolute atomic E-state index is 12.2. The van der Waals surface area contributed by atoms with Crippen molar-refractivity contribution in [2.75, 3.05) is 11.9 Å². The predicted molar refractivity (Wildman–Crippen MR) is 91.9 cm³/mol. The normalized spacial score (nSPS) is 10.4. The lowest BCUT2D eigenvalue weighted by Crippen LogP contribution is -2.30. The summed E-state index contributed by atoms with van der Waals surface area (Å²) in [5, 5.41) is 10.9. The van der Waals surface area contributed by atoms with E-state index in [0.29, 0.717) is 18.1 Å². The molecule has 0 saturated heterocycles. The van der Waals surface area contributed by atoms with E-state index in [4.69, 9.17) is 4.74 Å². The number of aromatic nitrogens is 4. The second-order valence-electron chi connectivity index (χ2n) is 5.14. The fourth-order valence-electron chi connectivity index (χ4n) is 2.22. The Kier molecular flexibility index (Phi) is 4.89. The molecule has 0 fully saturated rings. The third-order valence-electron chi connectivity index (χ3n) is 3.33. The lowest BCUT2D eigenvalue weighted by atomic mass is 10.3. The molecule has 0 aliphatic heterocycles. The van der Waals surface area contributed by atoms with Gasteiger partial charge in [-0.3, -0.25) is 9.59 Å². The van der Waals surface area contributed by atoms with Crippen LogP contribution in [0.15, 0.2) is 59.7 Å². The van der Waals surface area contributed by atoms with Crippen molar-refractivity contribution >= 4 is 11.6 Å². The number of carbonyl (C=O) groups is 1. The molecule has 0 bridgehead atoms. The Morgan fingerprint density at radius 3 is 2.68 bits per heavy atom. The third-order valence-corrected chi connectivity index (χ3v) is 3.33. The molecule has 1 aromatic carbocycles. The van der Waals surface area contributed by atoms with Crippen LogP contribution in [-0.2, 0) is 11.3 Å². The van der Waals surface area contributed by atoms with E-state index in [1.165, 1.54) is 10.7 Å². The zero-order chi connectivity index (χ0) is 17.6. The second kappa shape index (κ2) is 7.43. The summed E-state index contributed by atoms with van der Waals surface area (Å²) in [7, 11) is 0. The molecule has 0 aliphatic rings. The van der Waals surface area contributed by atoms with Gasteiger partial charge in [-0.1, -0.05) is 0 Å². The molecule has 3 rings (SSSR count). The summed E-state index contributed by atoms with van der Waals surface area (Å²) < 4.78 is 7.96. The lowest BCUT2D eigenvalue weighted by molar-refractivity contribution is -0.117. The zero-order valence-electron chi connectivity index (χ0n) is 13.6. The van der Waals surface area contributed by atoms with Crippen LogP contribution in [0.1, 0.15) is 6.92 Å². The Bertz CT molecular complexity index is 901. The van der Waals surface area contributed by atoms with Crippen molar-refractivity contribution in [3.63, 3.8) is 0 Å². The standard InChI is InChI=1S/C17H17N5O3/c1-2-25-14-6-4-13(5-7-14)19-16(23)12-22-17(24)9-8-15(20-22)21-11-3-10-18-21/h3-11H,2,12H2,1H3,(H,19,23). The predicted octanol–water partition coefficient (Wildman–Crippen LogP) is 1.47. The Morgan fingerprint density at radius 2 is 2.00 bits per heavy atom. The minimum atomic E-state index is -0.363. The summed E-state index contributed by atoms with van der Waals surface area (Å²) in [4.78, 5) is 24.1. The summed E-state index contributed by atoms with van der Waals surface area (Å²) in [6, 6.07) is 11.7. The summed E-state index contributed by atoms with van der Waals surface area (Å²) in [5.41, 5.74) is 0.252. The van der Waals surface area contributed by atoms with E-state index in [1.807, 2.05) is 6.92 Å². The van der Waals surface area contributed by atoms with Crippen molar-refractivity contribution in [3.8, 4) is 11.6 Å². The van der Waals surface area contributed by atoms with Crippen molar-refractivity contribution in [2.24, 2.45) is 0 Å². The Morgan fingerprint density at radius 1 is 1.20 bits per heavy atom. The minimum Gasteiger partial charge on any atom is -0.494 e. The van der Waals surface area contributed by atoms with Gasteiger partial charge < -0.3 is 10.1 Å². The van der Waals surface area contributed by atoms with Gasteiger partial charge in [0.1, 0.15) is 12.3 Å². The first-order valence-corrected chi connectivity index (χ1v) is 7.76. The molecule has 0 aliphatic carbocycles. The Labute approximate surface area is 143 Å². The maximum atomic E-state index is 12.2. The number of nitrogens with one attached hydrogen (secondary N) is 1. The number of benzene rings is 1. The molecule has 1 amide bonds. The van der Waals surface area contributed by atoms with Crippen LogP contribution >= 0.6 is 0 Å². The molecule has 3 aromatic rings. The number of hydrogen-bond acceptors (Lipinski definition) is 5. The van der Waals surface area contributed by atoms with Gasteiger partial charge >= 0.3 is 0 Å². The minimum absolute atomic E-state index is 0.193. The fourth-order valence-corrected chi connectivity index (χ4v) is 2.22. The molecule has 0 spiro atoms. The number of hydrogen-bond donors (Lipinski definition) is 1. The van der Waals surface area contributed by atoms with Gasteiger partial charge in [0.15, 0.2) is 5.82 Å². The second-order valence-corrected chi connectivity index (χ2v) is 5.14. The van der Waals surface area contributed by atoms with Crippen LogP contribution in [0.5, 0.6) is 5.75 Å². The highest BCUT2D eigenvalue weighted by molar-refractivity contribution is 5.90. The monoisotopic (exact) mass is 339 g/mol. The number of anilines is 1. The van der Waals surface area contributed by atoms with Crippen LogP contribution in [0.25, 0.3) is 5.82 Å². The molecule has 2 aromatic heterocycles. The maximum Gasteiger partial charge on any atom is 0.267 e. The lowest BCUT2D eigenvalue weighted by Gasteiger charge is -2.09. The summed E-state index contributed by atoms with van der Waals surface area (Å²) in [5.74, 6) is 0.833. The van der Waals surface area contributed by atoms with Gasteiger partial charge in [0.2, 0.25) is 5.91 Å². The molecule has 0 saturated carbocycles. The first-order chi connectivity index (χ1) is 12.2. The molecule has 128 valence electrons.